The Kier molecular flexibility index (Phi) is 9.80. The van der Waals surface area contributed by atoms with Crippen molar-refractivity contribution in [2.24, 2.45) is 5.92 Å². The molecule has 0 aliphatic heterocycles. The molecule has 12 heteroatoms. The van der Waals surface area contributed by atoms with Crippen molar-refractivity contribution < 1.29 is 33.9 Å². The van der Waals surface area contributed by atoms with Gasteiger partial charge in [0.05, 0.1) is 4.92 Å². The zero-order valence-electron chi connectivity index (χ0n) is 17.5. The number of carbonyl (C=O) groups excluding carboxylic acids is 2. The number of nitrogens with zero attached hydrogens (tertiary/aromatic N) is 1. The zero-order valence-corrected chi connectivity index (χ0v) is 18.3. The van der Waals surface area contributed by atoms with Gasteiger partial charge in [0.1, 0.15) is 18.7 Å². The van der Waals surface area contributed by atoms with E-state index in [2.05, 4.69) is 10.6 Å². The van der Waals surface area contributed by atoms with Gasteiger partial charge < -0.3 is 25.2 Å². The van der Waals surface area contributed by atoms with Crippen LogP contribution >= 0.6 is 12.2 Å². The Labute approximate surface area is 184 Å². The Morgan fingerprint density at radius 1 is 1.13 bits per heavy atom. The lowest BCUT2D eigenvalue weighted by atomic mass is 10.0. The molecule has 11 nitrogen and oxygen atoms in total. The molecule has 3 N–H and O–H groups in total. The Bertz CT molecular complexity index is 828. The molecule has 0 saturated heterocycles. The van der Waals surface area contributed by atoms with Crippen molar-refractivity contribution in [3.63, 3.8) is 0 Å². The predicted molar refractivity (Wildman–Crippen MR) is 113 cm³/mol. The van der Waals surface area contributed by atoms with Gasteiger partial charge in [-0.3, -0.25) is 19.7 Å². The average Bonchev–Trinajstić information content (AvgIpc) is 2.67. The van der Waals surface area contributed by atoms with Gasteiger partial charge in [-0.05, 0) is 35.8 Å². The molecule has 0 aliphatic carbocycles. The molecule has 170 valence electrons. The minimum atomic E-state index is -1.11. The second-order valence-electron chi connectivity index (χ2n) is 6.97. The summed E-state index contributed by atoms with van der Waals surface area (Å²) >= 11 is 5.21. The maximum atomic E-state index is 11.7. The van der Waals surface area contributed by atoms with E-state index in [0.29, 0.717) is 5.56 Å². The summed E-state index contributed by atoms with van der Waals surface area (Å²) in [6.07, 6.45) is -1.04. The molecule has 1 aromatic rings. The number of carboxylic acids is 1. The average molecular weight is 455 g/mol. The van der Waals surface area contributed by atoms with E-state index < -0.39 is 41.0 Å². The lowest BCUT2D eigenvalue weighted by Crippen LogP contribution is -2.53. The number of non-ortho nitro benzene ring substituents is 1. The Balaban J connectivity index is 3.19. The van der Waals surface area contributed by atoms with Gasteiger partial charge in [0.2, 0.25) is 0 Å². The maximum Gasteiger partial charge on any atom is 0.326 e. The molecule has 1 aromatic carbocycles. The first-order valence-corrected chi connectivity index (χ1v) is 9.68. The number of ether oxygens (including phenoxy) is 2. The molecule has 0 aromatic heterocycles. The van der Waals surface area contributed by atoms with Crippen molar-refractivity contribution in [1.82, 2.24) is 10.6 Å². The van der Waals surface area contributed by atoms with Crippen LogP contribution in [0.2, 0.25) is 0 Å². The van der Waals surface area contributed by atoms with Gasteiger partial charge in [0, 0.05) is 26.0 Å². The number of esters is 2. The molecule has 0 amide bonds. The Morgan fingerprint density at radius 3 is 2.13 bits per heavy atom. The minimum absolute atomic E-state index is 0.0580. The van der Waals surface area contributed by atoms with E-state index in [1.807, 2.05) is 0 Å². The minimum Gasteiger partial charge on any atom is -0.480 e. The third-order valence-corrected chi connectivity index (χ3v) is 4.33. The maximum absolute atomic E-state index is 11.7. The van der Waals surface area contributed by atoms with Crippen molar-refractivity contribution in [3.05, 3.63) is 39.9 Å². The van der Waals surface area contributed by atoms with Crippen molar-refractivity contribution in [2.75, 3.05) is 6.61 Å². The summed E-state index contributed by atoms with van der Waals surface area (Å²) in [7, 11) is 0. The molecular weight excluding hydrogens is 430 g/mol. The predicted octanol–water partition coefficient (Wildman–Crippen LogP) is 1.70. The van der Waals surface area contributed by atoms with Crippen LogP contribution in [0.4, 0.5) is 5.69 Å². The van der Waals surface area contributed by atoms with E-state index >= 15 is 0 Å². The summed E-state index contributed by atoms with van der Waals surface area (Å²) in [5, 5.41) is 25.7. The fraction of sp³-hybridized carbons (Fsp3) is 0.474. The van der Waals surface area contributed by atoms with Crippen LogP contribution in [0.15, 0.2) is 24.3 Å². The lowest BCUT2D eigenvalue weighted by Gasteiger charge is -2.30. The number of carbonyl (C=O) groups is 3. The zero-order chi connectivity index (χ0) is 23.7. The van der Waals surface area contributed by atoms with E-state index in [0.717, 1.165) is 0 Å². The van der Waals surface area contributed by atoms with Crippen LogP contribution in [0.3, 0.4) is 0 Å². The molecule has 0 radical (unpaired) electrons. The molecule has 0 unspecified atom stereocenters. The number of nitrogens with one attached hydrogen (secondary N) is 2. The molecule has 0 aliphatic rings. The van der Waals surface area contributed by atoms with Gasteiger partial charge >= 0.3 is 17.9 Å². The van der Waals surface area contributed by atoms with Gasteiger partial charge in [-0.1, -0.05) is 13.8 Å². The summed E-state index contributed by atoms with van der Waals surface area (Å²) in [5.74, 6) is -2.64. The van der Waals surface area contributed by atoms with E-state index in [4.69, 9.17) is 21.7 Å². The second-order valence-corrected chi connectivity index (χ2v) is 7.37. The summed E-state index contributed by atoms with van der Waals surface area (Å²) in [6, 6.07) is 3.39. The number of thiocarbonyl (C=S) groups is 1. The highest BCUT2D eigenvalue weighted by Crippen LogP contribution is 2.25. The smallest absolute Gasteiger partial charge is 0.326 e. The van der Waals surface area contributed by atoms with Crippen LogP contribution in [-0.4, -0.2) is 51.7 Å². The van der Waals surface area contributed by atoms with Gasteiger partial charge in [0.15, 0.2) is 11.2 Å². The highest BCUT2D eigenvalue weighted by molar-refractivity contribution is 7.80. The number of aliphatic carboxylic acids is 1. The van der Waals surface area contributed by atoms with E-state index in [-0.39, 0.29) is 23.3 Å². The highest BCUT2D eigenvalue weighted by atomic mass is 32.1. The van der Waals surface area contributed by atoms with Crippen LogP contribution in [0.5, 0.6) is 0 Å². The molecule has 0 heterocycles. The Hall–Kier alpha value is -3.28. The van der Waals surface area contributed by atoms with Gasteiger partial charge in [0.25, 0.3) is 5.69 Å². The number of hydrogen-bond acceptors (Lipinski definition) is 8. The first-order chi connectivity index (χ1) is 14.4. The van der Waals surface area contributed by atoms with Crippen LogP contribution in [-0.2, 0) is 23.9 Å². The number of nitro benzene ring substituents is 1. The fourth-order valence-electron chi connectivity index (χ4n) is 2.62. The third kappa shape index (κ3) is 8.54. The molecule has 0 bridgehead atoms. The summed E-state index contributed by atoms with van der Waals surface area (Å²) in [4.78, 5) is 44.8. The molecule has 0 fully saturated rings. The van der Waals surface area contributed by atoms with E-state index in [1.54, 1.807) is 13.8 Å². The number of rotatable bonds is 10. The van der Waals surface area contributed by atoms with E-state index in [9.17, 15) is 29.6 Å². The first-order valence-electron chi connectivity index (χ1n) is 9.27. The molecule has 31 heavy (non-hydrogen) atoms. The van der Waals surface area contributed by atoms with E-state index in [1.165, 1.54) is 38.1 Å². The largest absolute Gasteiger partial charge is 0.480 e. The normalized spacial score (nSPS) is 13.5. The fourth-order valence-corrected chi connectivity index (χ4v) is 2.90. The summed E-state index contributed by atoms with van der Waals surface area (Å²) < 4.78 is 10.4. The van der Waals surface area contributed by atoms with Gasteiger partial charge in [-0.15, -0.1) is 0 Å². The number of hydrogen-bond donors (Lipinski definition) is 3. The first kappa shape index (κ1) is 25.8. The number of nitro groups is 1. The highest BCUT2D eigenvalue weighted by Gasteiger charge is 2.30. The van der Waals surface area contributed by atoms with Crippen molar-refractivity contribution >= 4 is 40.9 Å². The molecular formula is C19H25N3O8S. The van der Waals surface area contributed by atoms with Crippen LogP contribution in [0.1, 0.15) is 39.4 Å². The van der Waals surface area contributed by atoms with Crippen molar-refractivity contribution in [3.8, 4) is 0 Å². The van der Waals surface area contributed by atoms with Crippen molar-refractivity contribution in [1.29, 1.82) is 0 Å². The molecule has 1 rings (SSSR count). The van der Waals surface area contributed by atoms with Crippen LogP contribution in [0, 0.1) is 16.0 Å². The molecule has 0 spiro atoms. The van der Waals surface area contributed by atoms with Crippen LogP contribution in [0.25, 0.3) is 0 Å². The van der Waals surface area contributed by atoms with Gasteiger partial charge in [-0.25, -0.2) is 4.79 Å². The number of carboxylic acid groups (broad SMARTS) is 1. The molecule has 0 saturated carbocycles. The van der Waals surface area contributed by atoms with Gasteiger partial charge in [-0.2, -0.15) is 0 Å². The SMILES string of the molecule is CC(=O)OC[C@H](NC(=S)N[C@H](C(=O)O)C(C)C)[C@@H](OC(C)=O)c1ccc([N+](=O)[O-])cc1. The quantitative estimate of drug-likeness (QED) is 0.204. The summed E-state index contributed by atoms with van der Waals surface area (Å²) in [5.41, 5.74) is 0.222. The monoisotopic (exact) mass is 455 g/mol. The third-order valence-electron chi connectivity index (χ3n) is 4.09. The lowest BCUT2D eigenvalue weighted by molar-refractivity contribution is -0.384. The number of benzene rings is 1. The topological polar surface area (TPSA) is 157 Å². The second kappa shape index (κ2) is 11.8. The van der Waals surface area contributed by atoms with Crippen LogP contribution < -0.4 is 10.6 Å². The van der Waals surface area contributed by atoms with Crippen molar-refractivity contribution in [2.45, 2.75) is 45.9 Å². The Morgan fingerprint density at radius 2 is 1.71 bits per heavy atom. The molecule has 3 atom stereocenters. The summed E-state index contributed by atoms with van der Waals surface area (Å²) in [6.45, 7) is 5.49. The standard InChI is InChI=1S/C19H25N3O8S/c1-10(2)16(18(25)26)21-19(31)20-15(9-29-11(3)23)17(30-12(4)24)13-5-7-14(8-6-13)22(27)28/h5-8,10,15-17H,9H2,1-4H3,(H,25,26)(H2,20,21,31)/t15-,16-,17-/m0/s1.